The predicted molar refractivity (Wildman–Crippen MR) is 98.5 cm³/mol. The highest BCUT2D eigenvalue weighted by Gasteiger charge is 2.15. The van der Waals surface area contributed by atoms with Crippen LogP contribution in [0.4, 0.5) is 0 Å². The van der Waals surface area contributed by atoms with Gasteiger partial charge >= 0.3 is 0 Å². The lowest BCUT2D eigenvalue weighted by atomic mass is 10.1. The van der Waals surface area contributed by atoms with Crippen LogP contribution < -0.4 is 0 Å². The van der Waals surface area contributed by atoms with Crippen molar-refractivity contribution in [3.8, 4) is 23.0 Å². The van der Waals surface area contributed by atoms with Crippen LogP contribution in [0.1, 0.15) is 22.5 Å². The third-order valence-electron chi connectivity index (χ3n) is 4.24. The molecule has 6 nitrogen and oxygen atoms in total. The predicted octanol–water partition coefficient (Wildman–Crippen LogP) is 3.97. The molecule has 0 spiro atoms. The molecular weight excluding hydrogens is 326 g/mol. The first-order valence-corrected chi connectivity index (χ1v) is 8.45. The Morgan fingerprint density at radius 2 is 1.81 bits per heavy atom. The molecule has 6 heteroatoms. The maximum Gasteiger partial charge on any atom is 0.278 e. The van der Waals surface area contributed by atoms with Crippen LogP contribution in [0.15, 0.2) is 53.2 Å². The van der Waals surface area contributed by atoms with E-state index in [9.17, 15) is 0 Å². The Bertz CT molecular complexity index is 1030. The van der Waals surface area contributed by atoms with E-state index in [1.165, 1.54) is 5.56 Å². The van der Waals surface area contributed by atoms with Crippen molar-refractivity contribution in [2.24, 2.45) is 0 Å². The number of aromatic nitrogens is 5. The fourth-order valence-electron chi connectivity index (χ4n) is 2.69. The first-order valence-electron chi connectivity index (χ1n) is 8.45. The lowest BCUT2D eigenvalue weighted by Gasteiger charge is -2.04. The van der Waals surface area contributed by atoms with Gasteiger partial charge in [0.25, 0.3) is 5.89 Å². The zero-order valence-corrected chi connectivity index (χ0v) is 15.0. The van der Waals surface area contributed by atoms with Gasteiger partial charge in [-0.25, -0.2) is 0 Å². The van der Waals surface area contributed by atoms with Crippen LogP contribution in [-0.2, 0) is 6.54 Å². The van der Waals surface area contributed by atoms with Gasteiger partial charge in [0, 0.05) is 23.1 Å². The molecular formula is C20H19N5O. The number of hydrogen-bond donors (Lipinski definition) is 0. The first kappa shape index (κ1) is 16.2. The molecule has 0 amide bonds. The van der Waals surface area contributed by atoms with Crippen LogP contribution in [0.25, 0.3) is 23.0 Å². The summed E-state index contributed by atoms with van der Waals surface area (Å²) in [5.41, 5.74) is 5.91. The fraction of sp³-hybridized carbons (Fsp3) is 0.200. The molecule has 4 aromatic rings. The normalized spacial score (nSPS) is 11.0. The highest BCUT2D eigenvalue weighted by atomic mass is 16.5. The molecule has 0 bridgehead atoms. The zero-order chi connectivity index (χ0) is 18.1. The second kappa shape index (κ2) is 6.55. The highest BCUT2D eigenvalue weighted by molar-refractivity contribution is 5.58. The van der Waals surface area contributed by atoms with Gasteiger partial charge in [0.05, 0.1) is 6.54 Å². The number of aryl methyl sites for hydroxylation is 3. The van der Waals surface area contributed by atoms with E-state index in [0.717, 1.165) is 22.5 Å². The maximum atomic E-state index is 5.42. The van der Waals surface area contributed by atoms with Crippen molar-refractivity contribution in [2.45, 2.75) is 27.3 Å². The SMILES string of the molecule is Cc1ccc(-c2noc(-c3cc(C)n(Cc4ccc(C)nc4)n3)n2)cc1. The monoisotopic (exact) mass is 345 g/mol. The summed E-state index contributed by atoms with van der Waals surface area (Å²) in [5, 5.41) is 8.69. The number of nitrogens with zero attached hydrogens (tertiary/aromatic N) is 5. The summed E-state index contributed by atoms with van der Waals surface area (Å²) in [6.45, 7) is 6.68. The molecule has 26 heavy (non-hydrogen) atoms. The standard InChI is InChI=1S/C20H19N5O/c1-13-4-8-17(9-5-13)19-22-20(26-24-19)18-10-15(3)25(23-18)12-16-7-6-14(2)21-11-16/h4-11H,12H2,1-3H3. The van der Waals surface area contributed by atoms with Crippen molar-refractivity contribution < 1.29 is 4.52 Å². The van der Waals surface area contributed by atoms with Gasteiger partial charge in [0.1, 0.15) is 0 Å². The molecule has 0 fully saturated rings. The van der Waals surface area contributed by atoms with E-state index in [4.69, 9.17) is 4.52 Å². The molecule has 0 aliphatic carbocycles. The van der Waals surface area contributed by atoms with E-state index >= 15 is 0 Å². The van der Waals surface area contributed by atoms with Crippen LogP contribution >= 0.6 is 0 Å². The molecule has 0 N–H and O–H groups in total. The van der Waals surface area contributed by atoms with Gasteiger partial charge in [-0.1, -0.05) is 41.1 Å². The molecule has 0 radical (unpaired) electrons. The summed E-state index contributed by atoms with van der Waals surface area (Å²) < 4.78 is 7.33. The number of pyridine rings is 1. The summed E-state index contributed by atoms with van der Waals surface area (Å²) >= 11 is 0. The Kier molecular flexibility index (Phi) is 4.08. The van der Waals surface area contributed by atoms with Crippen LogP contribution in [0.5, 0.6) is 0 Å². The second-order valence-corrected chi connectivity index (χ2v) is 6.43. The maximum absolute atomic E-state index is 5.42. The molecule has 3 aromatic heterocycles. The van der Waals surface area contributed by atoms with Gasteiger partial charge in [-0.2, -0.15) is 10.1 Å². The third-order valence-corrected chi connectivity index (χ3v) is 4.24. The summed E-state index contributed by atoms with van der Waals surface area (Å²) in [6, 6.07) is 14.0. The lowest BCUT2D eigenvalue weighted by molar-refractivity contribution is 0.430. The Hall–Kier alpha value is -3.28. The van der Waals surface area contributed by atoms with Crippen LogP contribution in [0, 0.1) is 20.8 Å². The Labute approximate surface area is 151 Å². The molecule has 0 aliphatic rings. The number of hydrogen-bond acceptors (Lipinski definition) is 5. The molecule has 0 unspecified atom stereocenters. The molecule has 0 aliphatic heterocycles. The Morgan fingerprint density at radius 3 is 2.54 bits per heavy atom. The van der Waals surface area contributed by atoms with Crippen molar-refractivity contribution in [1.82, 2.24) is 24.9 Å². The minimum Gasteiger partial charge on any atom is -0.332 e. The largest absolute Gasteiger partial charge is 0.332 e. The van der Waals surface area contributed by atoms with Gasteiger partial charge in [-0.3, -0.25) is 9.67 Å². The van der Waals surface area contributed by atoms with Gasteiger partial charge in [-0.05, 0) is 38.5 Å². The second-order valence-electron chi connectivity index (χ2n) is 6.43. The molecule has 0 atom stereocenters. The van der Waals surface area contributed by atoms with Gasteiger partial charge < -0.3 is 4.52 Å². The number of rotatable bonds is 4. The van der Waals surface area contributed by atoms with E-state index < -0.39 is 0 Å². The van der Waals surface area contributed by atoms with Crippen molar-refractivity contribution in [3.63, 3.8) is 0 Å². The Balaban J connectivity index is 1.59. The zero-order valence-electron chi connectivity index (χ0n) is 15.0. The van der Waals surface area contributed by atoms with E-state index in [1.54, 1.807) is 0 Å². The minimum absolute atomic E-state index is 0.421. The first-order chi connectivity index (χ1) is 12.6. The van der Waals surface area contributed by atoms with Crippen molar-refractivity contribution >= 4 is 0 Å². The fourth-order valence-corrected chi connectivity index (χ4v) is 2.69. The molecule has 130 valence electrons. The molecule has 0 saturated heterocycles. The minimum atomic E-state index is 0.421. The van der Waals surface area contributed by atoms with Gasteiger partial charge in [0.2, 0.25) is 5.82 Å². The average Bonchev–Trinajstić information content (AvgIpc) is 3.25. The average molecular weight is 345 g/mol. The van der Waals surface area contributed by atoms with E-state index in [0.29, 0.717) is 24.0 Å². The van der Waals surface area contributed by atoms with Crippen LogP contribution in [-0.4, -0.2) is 24.9 Å². The van der Waals surface area contributed by atoms with Gasteiger partial charge in [0.15, 0.2) is 5.69 Å². The third kappa shape index (κ3) is 3.26. The lowest BCUT2D eigenvalue weighted by Crippen LogP contribution is -2.04. The summed E-state index contributed by atoms with van der Waals surface area (Å²) in [7, 11) is 0. The number of benzene rings is 1. The van der Waals surface area contributed by atoms with Gasteiger partial charge in [-0.15, -0.1) is 0 Å². The summed E-state index contributed by atoms with van der Waals surface area (Å²) in [6.07, 6.45) is 1.87. The quantitative estimate of drug-likeness (QED) is 0.560. The highest BCUT2D eigenvalue weighted by Crippen LogP contribution is 2.22. The Morgan fingerprint density at radius 1 is 1.00 bits per heavy atom. The van der Waals surface area contributed by atoms with Crippen molar-refractivity contribution in [1.29, 1.82) is 0 Å². The topological polar surface area (TPSA) is 69.6 Å². The van der Waals surface area contributed by atoms with E-state index in [2.05, 4.69) is 26.3 Å². The molecule has 0 saturated carbocycles. The van der Waals surface area contributed by atoms with E-state index in [-0.39, 0.29) is 0 Å². The molecule has 3 heterocycles. The van der Waals surface area contributed by atoms with Crippen LogP contribution in [0.2, 0.25) is 0 Å². The van der Waals surface area contributed by atoms with Crippen molar-refractivity contribution in [2.75, 3.05) is 0 Å². The van der Waals surface area contributed by atoms with E-state index in [1.807, 2.05) is 68.0 Å². The molecule has 1 aromatic carbocycles. The smallest absolute Gasteiger partial charge is 0.278 e. The summed E-state index contributed by atoms with van der Waals surface area (Å²) in [5.74, 6) is 0.986. The van der Waals surface area contributed by atoms with Crippen molar-refractivity contribution in [3.05, 3.63) is 71.2 Å². The summed E-state index contributed by atoms with van der Waals surface area (Å²) in [4.78, 5) is 8.82. The van der Waals surface area contributed by atoms with Crippen LogP contribution in [0.3, 0.4) is 0 Å². The molecule has 4 rings (SSSR count).